The monoisotopic (exact) mass is 604 g/mol. The molecule has 0 aliphatic carbocycles. The SMILES string of the molecule is Cc1cccc2ccc[c-]c12.[CH2-]Cc1c([CH2-])nc(OCC23CCCN2C(COC(=O)NC)CC3)nc1N1CC2CCC(C1)N2.[Li+]. The summed E-state index contributed by atoms with van der Waals surface area (Å²) in [7, 11) is 1.58. The van der Waals surface area contributed by atoms with Gasteiger partial charge < -0.3 is 31.9 Å². The van der Waals surface area contributed by atoms with Crippen LogP contribution in [0.4, 0.5) is 10.6 Å². The van der Waals surface area contributed by atoms with E-state index in [9.17, 15) is 4.79 Å². The smallest absolute Gasteiger partial charge is 0.462 e. The molecule has 4 aliphatic heterocycles. The Morgan fingerprint density at radius 3 is 2.67 bits per heavy atom. The van der Waals surface area contributed by atoms with Crippen LogP contribution in [0.15, 0.2) is 36.4 Å². The zero-order chi connectivity index (χ0) is 30.7. The Kier molecular flexibility index (Phi) is 10.9. The number of aryl methyl sites for hydroxylation is 1. The third-order valence-electron chi connectivity index (χ3n) is 9.84. The van der Waals surface area contributed by atoms with Crippen molar-refractivity contribution in [2.45, 2.75) is 75.5 Å². The summed E-state index contributed by atoms with van der Waals surface area (Å²) in [5.74, 6) is 0.933. The number of alkyl carbamates (subject to hydrolysis) is 1. The third-order valence-corrected chi connectivity index (χ3v) is 9.84. The summed E-state index contributed by atoms with van der Waals surface area (Å²) in [6.45, 7) is 14.3. The molecule has 4 aliphatic rings. The fraction of sp³-hybridized carbons (Fsp3) is 0.514. The van der Waals surface area contributed by atoms with Crippen molar-refractivity contribution >= 4 is 22.7 Å². The molecule has 0 saturated carbocycles. The molecule has 4 atom stereocenters. The van der Waals surface area contributed by atoms with Gasteiger partial charge in [0.25, 0.3) is 0 Å². The van der Waals surface area contributed by atoms with E-state index in [1.165, 1.54) is 29.2 Å². The molecule has 5 heterocycles. The number of carbonyl (C=O) groups is 1. The minimum absolute atomic E-state index is 0. The quantitative estimate of drug-likeness (QED) is 0.311. The van der Waals surface area contributed by atoms with Crippen molar-refractivity contribution in [1.29, 1.82) is 0 Å². The van der Waals surface area contributed by atoms with Crippen LogP contribution in [0.3, 0.4) is 0 Å². The summed E-state index contributed by atoms with van der Waals surface area (Å²) in [5.41, 5.74) is 2.97. The number of fused-ring (bicyclic) bond motifs is 4. The normalized spacial score (nSPS) is 25.2. The van der Waals surface area contributed by atoms with E-state index in [2.05, 4.69) is 76.5 Å². The van der Waals surface area contributed by atoms with Crippen LogP contribution in [0.25, 0.3) is 10.8 Å². The maximum Gasteiger partial charge on any atom is 1.00 e. The van der Waals surface area contributed by atoms with Crippen LogP contribution < -0.4 is 39.1 Å². The summed E-state index contributed by atoms with van der Waals surface area (Å²) in [6.07, 6.45) is 6.89. The van der Waals surface area contributed by atoms with Crippen LogP contribution >= 0.6 is 0 Å². The molecule has 2 N–H and O–H groups in total. The zero-order valence-electron chi connectivity index (χ0n) is 27.1. The van der Waals surface area contributed by atoms with E-state index in [1.807, 2.05) is 12.1 Å². The second kappa shape index (κ2) is 14.6. The molecule has 4 saturated heterocycles. The molecule has 1 aromatic heterocycles. The van der Waals surface area contributed by atoms with Gasteiger partial charge in [0.1, 0.15) is 13.2 Å². The number of aromatic nitrogens is 2. The van der Waals surface area contributed by atoms with Gasteiger partial charge in [-0.1, -0.05) is 24.8 Å². The molecule has 236 valence electrons. The van der Waals surface area contributed by atoms with Crippen LogP contribution in [0.2, 0.25) is 0 Å². The van der Waals surface area contributed by atoms with Gasteiger partial charge in [0.2, 0.25) is 0 Å². The van der Waals surface area contributed by atoms with E-state index >= 15 is 0 Å². The number of ether oxygens (including phenoxy) is 2. The second-order valence-corrected chi connectivity index (χ2v) is 12.6. The van der Waals surface area contributed by atoms with Crippen LogP contribution in [-0.2, 0) is 11.2 Å². The van der Waals surface area contributed by atoms with Crippen LogP contribution in [0, 0.1) is 26.8 Å². The molecule has 10 heteroatoms. The number of piperazine rings is 1. The van der Waals surface area contributed by atoms with Gasteiger partial charge in [0, 0.05) is 38.3 Å². The molecule has 2 bridgehead atoms. The summed E-state index contributed by atoms with van der Waals surface area (Å²) in [5, 5.41) is 8.70. The van der Waals surface area contributed by atoms with Gasteiger partial charge in [-0.05, 0) is 45.1 Å². The summed E-state index contributed by atoms with van der Waals surface area (Å²) >= 11 is 0. The van der Waals surface area contributed by atoms with Gasteiger partial charge in [-0.25, -0.2) is 23.1 Å². The molecule has 45 heavy (non-hydrogen) atoms. The minimum Gasteiger partial charge on any atom is -0.462 e. The van der Waals surface area contributed by atoms with Gasteiger partial charge in [-0.15, -0.1) is 46.7 Å². The molecule has 0 radical (unpaired) electrons. The van der Waals surface area contributed by atoms with Crippen molar-refractivity contribution in [1.82, 2.24) is 25.5 Å². The van der Waals surface area contributed by atoms with E-state index in [-0.39, 0.29) is 36.5 Å². The molecule has 3 aromatic rings. The molecule has 0 spiro atoms. The Bertz CT molecular complexity index is 1460. The van der Waals surface area contributed by atoms with Crippen LogP contribution in [0.1, 0.15) is 55.3 Å². The topological polar surface area (TPSA) is 91.9 Å². The molecule has 9 nitrogen and oxygen atoms in total. The third kappa shape index (κ3) is 7.22. The van der Waals surface area contributed by atoms with Crippen LogP contribution in [-0.4, -0.2) is 84.5 Å². The fourth-order valence-electron chi connectivity index (χ4n) is 7.59. The van der Waals surface area contributed by atoms with Gasteiger partial charge in [0.05, 0.1) is 11.4 Å². The van der Waals surface area contributed by atoms with Crippen molar-refractivity contribution in [3.63, 3.8) is 0 Å². The Balaban J connectivity index is 0.000000281. The molecular weight excluding hydrogens is 559 g/mol. The molecular formula is C35H45LiN6O3-2. The van der Waals surface area contributed by atoms with Crippen molar-refractivity contribution in [3.05, 3.63) is 73.1 Å². The van der Waals surface area contributed by atoms with E-state index in [0.717, 1.165) is 56.7 Å². The number of carbonyl (C=O) groups excluding carboxylic acids is 1. The first-order valence-electron chi connectivity index (χ1n) is 16.0. The average molecular weight is 605 g/mol. The number of amides is 1. The average Bonchev–Trinajstić information content (AvgIpc) is 3.72. The van der Waals surface area contributed by atoms with E-state index in [4.69, 9.17) is 14.5 Å². The van der Waals surface area contributed by atoms with Crippen molar-refractivity contribution < 1.29 is 33.1 Å². The summed E-state index contributed by atoms with van der Waals surface area (Å²) < 4.78 is 11.6. The Morgan fingerprint density at radius 1 is 1.16 bits per heavy atom. The Labute approximate surface area is 280 Å². The summed E-state index contributed by atoms with van der Waals surface area (Å²) in [4.78, 5) is 25.8. The molecule has 1 amide bonds. The molecule has 7 rings (SSSR count). The van der Waals surface area contributed by atoms with Gasteiger partial charge >= 0.3 is 31.0 Å². The van der Waals surface area contributed by atoms with Crippen LogP contribution in [0.5, 0.6) is 6.01 Å². The molecule has 4 fully saturated rings. The number of nitrogens with zero attached hydrogens (tertiary/aromatic N) is 4. The Morgan fingerprint density at radius 2 is 1.93 bits per heavy atom. The Hall–Kier alpha value is -2.96. The maximum absolute atomic E-state index is 11.5. The fourth-order valence-corrected chi connectivity index (χ4v) is 7.59. The standard InChI is InChI=1S/C24H36N6O3.C11H9.Li/c1-4-20-16(2)26-22(28-21(20)29-12-17-6-7-18(13-29)27-17)33-15-24-9-5-11-30(24)19(8-10-24)14-32-23(31)25-3;1-9-5-4-7-10-6-2-3-8-11(9)10;/h17-19,27H,1-2,4-15H2,3H3,(H,25,31);2-7H,1H3;/q-2;-1;+1. The number of hydrogen-bond donors (Lipinski definition) is 2. The predicted octanol–water partition coefficient (Wildman–Crippen LogP) is 1.66. The number of benzene rings is 2. The first-order valence-corrected chi connectivity index (χ1v) is 16.0. The van der Waals surface area contributed by atoms with E-state index in [1.54, 1.807) is 7.05 Å². The minimum atomic E-state index is -0.376. The number of rotatable bonds is 7. The number of anilines is 1. The van der Waals surface area contributed by atoms with Gasteiger partial charge in [0.15, 0.2) is 0 Å². The maximum atomic E-state index is 11.5. The largest absolute Gasteiger partial charge is 1.00 e. The number of nitrogens with one attached hydrogen (secondary N) is 2. The van der Waals surface area contributed by atoms with Gasteiger partial charge in [-0.3, -0.25) is 4.90 Å². The second-order valence-electron chi connectivity index (χ2n) is 12.6. The zero-order valence-corrected chi connectivity index (χ0v) is 27.1. The summed E-state index contributed by atoms with van der Waals surface area (Å²) in [6, 6.07) is 17.3. The van der Waals surface area contributed by atoms with Crippen molar-refractivity contribution in [2.24, 2.45) is 0 Å². The molecule has 4 unspecified atom stereocenters. The van der Waals surface area contributed by atoms with E-state index < -0.39 is 0 Å². The number of hydrogen-bond acceptors (Lipinski definition) is 8. The van der Waals surface area contributed by atoms with Crippen molar-refractivity contribution in [2.75, 3.05) is 44.8 Å². The first kappa shape index (κ1) is 33.4. The first-order chi connectivity index (χ1) is 21.4. The molecule has 2 aromatic carbocycles. The van der Waals surface area contributed by atoms with Crippen molar-refractivity contribution in [3.8, 4) is 6.01 Å². The van der Waals surface area contributed by atoms with Gasteiger partial charge in [-0.2, -0.15) is 10.5 Å². The predicted molar refractivity (Wildman–Crippen MR) is 173 cm³/mol. The van der Waals surface area contributed by atoms with E-state index in [0.29, 0.717) is 43.4 Å².